The minimum atomic E-state index is -3.41. The molecular formula is C25H29ClN2O5S. The van der Waals surface area contributed by atoms with E-state index in [1.807, 2.05) is 18.2 Å². The fourth-order valence-electron chi connectivity index (χ4n) is 4.42. The van der Waals surface area contributed by atoms with Crippen molar-refractivity contribution in [3.8, 4) is 11.4 Å². The van der Waals surface area contributed by atoms with E-state index in [2.05, 4.69) is 9.97 Å². The fraction of sp³-hybridized carbons (Fsp3) is 0.400. The highest BCUT2D eigenvalue weighted by Crippen LogP contribution is 2.37. The van der Waals surface area contributed by atoms with Crippen LogP contribution in [0.25, 0.3) is 11.4 Å². The number of halogens is 1. The Kier molecular flexibility index (Phi) is 7.74. The van der Waals surface area contributed by atoms with Gasteiger partial charge in [-0.05, 0) is 61.1 Å². The number of rotatable bonds is 8. The number of aromatic nitrogens is 2. The Balaban J connectivity index is 1.66. The van der Waals surface area contributed by atoms with Crippen molar-refractivity contribution in [2.45, 2.75) is 36.2 Å². The number of H-pyrrole nitrogens is 1. The second kappa shape index (κ2) is 10.6. The van der Waals surface area contributed by atoms with Gasteiger partial charge in [0.2, 0.25) is 0 Å². The number of hydrogen-bond donors (Lipinski definition) is 3. The van der Waals surface area contributed by atoms with Crippen LogP contribution in [0.15, 0.2) is 53.6 Å². The average molecular weight is 505 g/mol. The molecule has 182 valence electrons. The number of benzene rings is 1. The third-order valence-corrected chi connectivity index (χ3v) is 7.95. The molecule has 2 atom stereocenters. The molecule has 3 aromatic rings. The lowest BCUT2D eigenvalue weighted by Crippen LogP contribution is -2.19. The maximum absolute atomic E-state index is 12.0. The Morgan fingerprint density at radius 2 is 1.88 bits per heavy atom. The highest BCUT2D eigenvalue weighted by atomic mass is 35.5. The molecule has 3 heterocycles. The first-order chi connectivity index (χ1) is 16.3. The molecule has 4 rings (SSSR count). The smallest absolute Gasteiger partial charge is 0.176 e. The van der Waals surface area contributed by atoms with Crippen molar-refractivity contribution < 1.29 is 23.4 Å². The van der Waals surface area contributed by atoms with E-state index < -0.39 is 15.9 Å². The second-order valence-electron chi connectivity index (χ2n) is 8.81. The van der Waals surface area contributed by atoms with E-state index >= 15 is 0 Å². The summed E-state index contributed by atoms with van der Waals surface area (Å²) in [7, 11) is -3.41. The second-order valence-corrected chi connectivity index (χ2v) is 11.2. The van der Waals surface area contributed by atoms with Crippen molar-refractivity contribution in [1.29, 1.82) is 0 Å². The molecule has 1 aromatic carbocycles. The average Bonchev–Trinajstić information content (AvgIpc) is 3.32. The number of aliphatic hydroxyl groups is 2. The molecule has 0 bridgehead atoms. The van der Waals surface area contributed by atoms with Crippen LogP contribution in [0.3, 0.4) is 0 Å². The summed E-state index contributed by atoms with van der Waals surface area (Å²) in [5, 5.41) is 19.1. The van der Waals surface area contributed by atoms with Crippen molar-refractivity contribution in [2.75, 3.05) is 26.1 Å². The number of aromatic amines is 1. The number of sulfone groups is 1. The van der Waals surface area contributed by atoms with Crippen molar-refractivity contribution in [2.24, 2.45) is 5.92 Å². The molecule has 1 fully saturated rings. The summed E-state index contributed by atoms with van der Waals surface area (Å²) in [5.41, 5.74) is 4.04. The molecule has 3 N–H and O–H groups in total. The highest BCUT2D eigenvalue weighted by molar-refractivity contribution is 7.90. The lowest BCUT2D eigenvalue weighted by Gasteiger charge is -2.27. The molecule has 1 saturated heterocycles. The molecule has 7 nitrogen and oxygen atoms in total. The molecule has 0 aliphatic carbocycles. The summed E-state index contributed by atoms with van der Waals surface area (Å²) in [6, 6.07) is 12.7. The van der Waals surface area contributed by atoms with Gasteiger partial charge in [-0.2, -0.15) is 0 Å². The fourth-order valence-corrected chi connectivity index (χ4v) is 5.76. The molecular weight excluding hydrogens is 476 g/mol. The Bertz CT molecular complexity index is 1220. The summed E-state index contributed by atoms with van der Waals surface area (Å²) in [6.45, 7) is 1.14. The zero-order valence-corrected chi connectivity index (χ0v) is 20.5. The number of hydrogen-bond acceptors (Lipinski definition) is 6. The largest absolute Gasteiger partial charge is 0.393 e. The maximum Gasteiger partial charge on any atom is 0.176 e. The monoisotopic (exact) mass is 504 g/mol. The van der Waals surface area contributed by atoms with Crippen LogP contribution >= 0.6 is 11.6 Å². The summed E-state index contributed by atoms with van der Waals surface area (Å²) >= 11 is 6.38. The SMILES string of the molecule is CS(=O)(=O)c1ccc(C(CC2CCOCC2)c2ccc(-c3ccc(C(O)CO)cn3)[nH]2)cc1Cl. The van der Waals surface area contributed by atoms with Crippen LogP contribution in [0.4, 0.5) is 0 Å². The van der Waals surface area contributed by atoms with Gasteiger partial charge >= 0.3 is 0 Å². The minimum absolute atomic E-state index is 0.00144. The third kappa shape index (κ3) is 5.70. The van der Waals surface area contributed by atoms with Gasteiger partial charge in [0.1, 0.15) is 6.10 Å². The zero-order chi connectivity index (χ0) is 24.3. The van der Waals surface area contributed by atoms with Crippen molar-refractivity contribution in [1.82, 2.24) is 9.97 Å². The van der Waals surface area contributed by atoms with E-state index in [1.54, 1.807) is 30.5 Å². The number of nitrogens with one attached hydrogen (secondary N) is 1. The van der Waals surface area contributed by atoms with Crippen LogP contribution in [0.1, 0.15) is 48.1 Å². The van der Waals surface area contributed by atoms with Gasteiger partial charge in [-0.25, -0.2) is 8.42 Å². The van der Waals surface area contributed by atoms with Crippen molar-refractivity contribution in [3.05, 3.63) is 70.5 Å². The van der Waals surface area contributed by atoms with Crippen molar-refractivity contribution >= 4 is 21.4 Å². The molecule has 2 unspecified atom stereocenters. The Labute approximate surface area is 204 Å². The lowest BCUT2D eigenvalue weighted by atomic mass is 9.83. The molecule has 0 saturated carbocycles. The van der Waals surface area contributed by atoms with E-state index in [-0.39, 0.29) is 22.4 Å². The van der Waals surface area contributed by atoms with Crippen LogP contribution in [0.2, 0.25) is 5.02 Å². The minimum Gasteiger partial charge on any atom is -0.393 e. The van der Waals surface area contributed by atoms with Gasteiger partial charge in [0.05, 0.1) is 27.9 Å². The summed E-state index contributed by atoms with van der Waals surface area (Å²) in [6.07, 6.45) is 4.60. The Morgan fingerprint density at radius 1 is 1.15 bits per heavy atom. The van der Waals surface area contributed by atoms with Gasteiger partial charge in [0.15, 0.2) is 9.84 Å². The molecule has 0 amide bonds. The van der Waals surface area contributed by atoms with E-state index in [4.69, 9.17) is 21.4 Å². The van der Waals surface area contributed by atoms with Crippen LogP contribution in [0.5, 0.6) is 0 Å². The zero-order valence-electron chi connectivity index (χ0n) is 18.9. The van der Waals surface area contributed by atoms with Gasteiger partial charge in [0.25, 0.3) is 0 Å². The van der Waals surface area contributed by atoms with Gasteiger partial charge in [-0.1, -0.05) is 23.7 Å². The van der Waals surface area contributed by atoms with Crippen LogP contribution in [-0.2, 0) is 14.6 Å². The van der Waals surface area contributed by atoms with E-state index in [0.717, 1.165) is 61.4 Å². The molecule has 34 heavy (non-hydrogen) atoms. The van der Waals surface area contributed by atoms with E-state index in [9.17, 15) is 13.5 Å². The molecule has 1 aliphatic rings. The maximum atomic E-state index is 12.0. The molecule has 0 radical (unpaired) electrons. The first kappa shape index (κ1) is 24.9. The Hall–Kier alpha value is -2.23. The molecule has 9 heteroatoms. The number of nitrogens with zero attached hydrogens (tertiary/aromatic N) is 1. The normalized spacial score (nSPS) is 16.9. The highest BCUT2D eigenvalue weighted by Gasteiger charge is 2.25. The van der Waals surface area contributed by atoms with E-state index in [0.29, 0.717) is 11.5 Å². The first-order valence-corrected chi connectivity index (χ1v) is 13.5. The quantitative estimate of drug-likeness (QED) is 0.425. The molecule has 0 spiro atoms. The Morgan fingerprint density at radius 3 is 2.50 bits per heavy atom. The van der Waals surface area contributed by atoms with Gasteiger partial charge in [-0.3, -0.25) is 4.98 Å². The number of aliphatic hydroxyl groups excluding tert-OH is 2. The van der Waals surface area contributed by atoms with Crippen molar-refractivity contribution in [3.63, 3.8) is 0 Å². The third-order valence-electron chi connectivity index (χ3n) is 6.37. The topological polar surface area (TPSA) is 113 Å². The first-order valence-electron chi connectivity index (χ1n) is 11.3. The summed E-state index contributed by atoms with van der Waals surface area (Å²) in [5.74, 6) is 0.481. The summed E-state index contributed by atoms with van der Waals surface area (Å²) in [4.78, 5) is 8.03. The molecule has 1 aliphatic heterocycles. The standard InChI is InChI=1S/C25H29ClN2O5S/c1-34(31,32)25-7-3-17(13-20(25)26)19(12-16-8-10-33-11-9-16)21-5-6-23(28-21)22-4-2-18(14-27-22)24(30)15-29/h2-7,13-14,16,19,24,28-30H,8-12,15H2,1H3. The van der Waals surface area contributed by atoms with E-state index in [1.165, 1.54) is 0 Å². The predicted molar refractivity (Wildman–Crippen MR) is 131 cm³/mol. The van der Waals surface area contributed by atoms with Gasteiger partial charge in [0, 0.05) is 42.8 Å². The van der Waals surface area contributed by atoms with Crippen LogP contribution in [0, 0.1) is 5.92 Å². The van der Waals surface area contributed by atoms with Crippen LogP contribution < -0.4 is 0 Å². The number of ether oxygens (including phenoxy) is 1. The lowest BCUT2D eigenvalue weighted by molar-refractivity contribution is 0.0626. The molecule has 2 aromatic heterocycles. The van der Waals surface area contributed by atoms with Gasteiger partial charge < -0.3 is 19.9 Å². The summed E-state index contributed by atoms with van der Waals surface area (Å²) < 4.78 is 29.6. The predicted octanol–water partition coefficient (Wildman–Crippen LogP) is 4.11. The number of pyridine rings is 1. The van der Waals surface area contributed by atoms with Crippen LogP contribution in [-0.4, -0.2) is 54.7 Å². The van der Waals surface area contributed by atoms with Gasteiger partial charge in [-0.15, -0.1) is 0 Å².